The van der Waals surface area contributed by atoms with E-state index < -0.39 is 0 Å². The van der Waals surface area contributed by atoms with Crippen molar-refractivity contribution in [3.8, 4) is 5.75 Å². The number of hydrogen-bond donors (Lipinski definition) is 2. The zero-order valence-corrected chi connectivity index (χ0v) is 18.4. The molecule has 0 aliphatic carbocycles. The van der Waals surface area contributed by atoms with Gasteiger partial charge in [0.1, 0.15) is 12.4 Å². The molecule has 1 amide bonds. The van der Waals surface area contributed by atoms with Gasteiger partial charge in [0, 0.05) is 67.6 Å². The number of nitrogens with zero attached hydrogens (tertiary/aromatic N) is 3. The lowest BCUT2D eigenvalue weighted by atomic mass is 9.68. The molecule has 2 aromatic heterocycles. The van der Waals surface area contributed by atoms with Crippen molar-refractivity contribution in [3.05, 3.63) is 59.5 Å². The lowest BCUT2D eigenvalue weighted by Crippen LogP contribution is -2.67. The van der Waals surface area contributed by atoms with Crippen molar-refractivity contribution in [2.75, 3.05) is 47.1 Å². The molecule has 0 bridgehead atoms. The van der Waals surface area contributed by atoms with Crippen LogP contribution >= 0.6 is 0 Å². The minimum Gasteiger partial charge on any atom is -0.497 e. The van der Waals surface area contributed by atoms with Crippen molar-refractivity contribution in [2.24, 2.45) is 0 Å². The Hall–Kier alpha value is -2.94. The van der Waals surface area contributed by atoms with Crippen molar-refractivity contribution in [2.45, 2.75) is 18.0 Å². The van der Waals surface area contributed by atoms with Crippen LogP contribution in [0.5, 0.6) is 5.75 Å². The maximum absolute atomic E-state index is 12.5. The normalized spacial score (nSPS) is 19.7. The predicted molar refractivity (Wildman–Crippen MR) is 119 cm³/mol. The maximum Gasteiger partial charge on any atom is 0.248 e. The summed E-state index contributed by atoms with van der Waals surface area (Å²) in [5, 5.41) is 11.5. The minimum atomic E-state index is -0.216. The summed E-state index contributed by atoms with van der Waals surface area (Å²) in [7, 11) is 3.20. The topological polar surface area (TPSA) is 90.9 Å². The fraction of sp³-hybridized carbons (Fsp3) is 0.417. The van der Waals surface area contributed by atoms with E-state index in [1.54, 1.807) is 20.4 Å². The lowest BCUT2D eigenvalue weighted by Gasteiger charge is -2.56. The van der Waals surface area contributed by atoms with Gasteiger partial charge in [-0.15, -0.1) is 0 Å². The number of benzene rings is 1. The quantitative estimate of drug-likeness (QED) is 0.613. The first-order valence-electron chi connectivity index (χ1n) is 10.8. The van der Waals surface area contributed by atoms with Crippen molar-refractivity contribution in [3.63, 3.8) is 0 Å². The van der Waals surface area contributed by atoms with E-state index in [1.807, 2.05) is 35.2 Å². The number of hydrogen-bond acceptors (Lipinski definition) is 6. The molecule has 1 fully saturated rings. The number of nitrogens with one attached hydrogen (secondary N) is 1. The molecule has 0 saturated carbocycles. The fourth-order valence-corrected chi connectivity index (χ4v) is 5.31. The van der Waals surface area contributed by atoms with Gasteiger partial charge in [-0.3, -0.25) is 14.7 Å². The third kappa shape index (κ3) is 3.35. The van der Waals surface area contributed by atoms with Gasteiger partial charge in [0.25, 0.3) is 0 Å². The minimum absolute atomic E-state index is 0.00161. The van der Waals surface area contributed by atoms with Gasteiger partial charge in [-0.25, -0.2) is 0 Å². The molecular formula is C24H28N4O4. The highest BCUT2D eigenvalue weighted by atomic mass is 16.5. The summed E-state index contributed by atoms with van der Waals surface area (Å²) >= 11 is 0. The van der Waals surface area contributed by atoms with Crippen molar-refractivity contribution in [1.29, 1.82) is 0 Å². The largest absolute Gasteiger partial charge is 0.497 e. The number of amides is 1. The summed E-state index contributed by atoms with van der Waals surface area (Å²) in [6.45, 7) is 2.68. The Morgan fingerprint density at radius 2 is 2.09 bits per heavy atom. The van der Waals surface area contributed by atoms with Crippen LogP contribution in [0.25, 0.3) is 10.9 Å². The smallest absolute Gasteiger partial charge is 0.248 e. The molecule has 1 spiro atoms. The Bertz CT molecular complexity index is 1120. The van der Waals surface area contributed by atoms with Gasteiger partial charge in [-0.05, 0) is 29.8 Å². The molecular weight excluding hydrogens is 408 g/mol. The number of fused-ring (bicyclic) bond motifs is 4. The standard InChI is InChI=1S/C24H28N4O4/c1-31-12-21(30)28-14-24(15-28)13-27(10-16-5-3-4-8-25-16)20(11-29)23-22(24)18-7-6-17(32-2)9-19(18)26-23/h3-9,20,26,29H,10-15H2,1-2H3/t20-/m1/s1. The van der Waals surface area contributed by atoms with Crippen molar-refractivity contribution >= 4 is 16.8 Å². The highest BCUT2D eigenvalue weighted by Gasteiger charge is 2.53. The molecule has 32 heavy (non-hydrogen) atoms. The van der Waals surface area contributed by atoms with Crippen LogP contribution in [0.2, 0.25) is 0 Å². The number of aliphatic hydroxyl groups excluding tert-OH is 1. The number of carbonyl (C=O) groups excluding carboxylic acids is 1. The Morgan fingerprint density at radius 3 is 2.78 bits per heavy atom. The fourth-order valence-electron chi connectivity index (χ4n) is 5.31. The second-order valence-corrected chi connectivity index (χ2v) is 8.71. The highest BCUT2D eigenvalue weighted by molar-refractivity contribution is 5.89. The monoisotopic (exact) mass is 436 g/mol. The second kappa shape index (κ2) is 8.20. The number of H-pyrrole nitrogens is 1. The number of ether oxygens (including phenoxy) is 2. The van der Waals surface area contributed by atoms with E-state index in [9.17, 15) is 9.90 Å². The molecule has 168 valence electrons. The van der Waals surface area contributed by atoms with Gasteiger partial charge >= 0.3 is 0 Å². The SMILES string of the molecule is COCC(=O)N1CC2(C1)CN(Cc1ccccn1)[C@H](CO)c1[nH]c3cc(OC)ccc3c12. The van der Waals surface area contributed by atoms with Crippen LogP contribution in [-0.4, -0.2) is 77.8 Å². The van der Waals surface area contributed by atoms with Crippen LogP contribution in [0.15, 0.2) is 42.6 Å². The van der Waals surface area contributed by atoms with Gasteiger partial charge in [0.15, 0.2) is 0 Å². The molecule has 2 N–H and O–H groups in total. The Balaban J connectivity index is 1.58. The molecule has 0 radical (unpaired) electrons. The summed E-state index contributed by atoms with van der Waals surface area (Å²) in [6.07, 6.45) is 1.79. The van der Waals surface area contributed by atoms with Gasteiger partial charge in [0.05, 0.1) is 25.5 Å². The van der Waals surface area contributed by atoms with E-state index in [1.165, 1.54) is 5.56 Å². The van der Waals surface area contributed by atoms with Gasteiger partial charge < -0.3 is 24.5 Å². The Morgan fingerprint density at radius 1 is 1.25 bits per heavy atom. The van der Waals surface area contributed by atoms with Crippen molar-refractivity contribution in [1.82, 2.24) is 19.8 Å². The van der Waals surface area contributed by atoms with Gasteiger partial charge in [0.2, 0.25) is 5.91 Å². The lowest BCUT2D eigenvalue weighted by molar-refractivity contribution is -0.144. The van der Waals surface area contributed by atoms with E-state index in [4.69, 9.17) is 9.47 Å². The molecule has 8 nitrogen and oxygen atoms in total. The second-order valence-electron chi connectivity index (χ2n) is 8.71. The molecule has 5 rings (SSSR count). The number of aliphatic hydroxyl groups is 1. The molecule has 0 unspecified atom stereocenters. The molecule has 3 aromatic rings. The molecule has 1 saturated heterocycles. The number of likely N-dealkylation sites (tertiary alicyclic amines) is 1. The van der Waals surface area contributed by atoms with Crippen LogP contribution in [0.3, 0.4) is 0 Å². The van der Waals surface area contributed by atoms with E-state index >= 15 is 0 Å². The first-order valence-corrected chi connectivity index (χ1v) is 10.8. The number of aromatic nitrogens is 2. The number of pyridine rings is 1. The Labute approximate surface area is 186 Å². The first-order chi connectivity index (χ1) is 15.6. The van der Waals surface area contributed by atoms with Crippen molar-refractivity contribution < 1.29 is 19.4 Å². The summed E-state index contributed by atoms with van der Waals surface area (Å²) < 4.78 is 10.5. The maximum atomic E-state index is 12.5. The molecule has 2 aliphatic rings. The zero-order chi connectivity index (χ0) is 22.3. The van der Waals surface area contributed by atoms with Gasteiger partial charge in [-0.2, -0.15) is 0 Å². The summed E-state index contributed by atoms with van der Waals surface area (Å²) in [6, 6.07) is 11.7. The molecule has 2 aliphatic heterocycles. The van der Waals surface area contributed by atoms with Crippen LogP contribution in [0, 0.1) is 0 Å². The molecule has 1 aromatic carbocycles. The number of carbonyl (C=O) groups is 1. The van der Waals surface area contributed by atoms with Crippen LogP contribution in [-0.2, 0) is 21.5 Å². The van der Waals surface area contributed by atoms with E-state index in [0.717, 1.165) is 34.6 Å². The average molecular weight is 437 g/mol. The van der Waals surface area contributed by atoms with E-state index in [0.29, 0.717) is 19.6 Å². The molecule has 8 heteroatoms. The van der Waals surface area contributed by atoms with Crippen LogP contribution < -0.4 is 4.74 Å². The van der Waals surface area contributed by atoms with Gasteiger partial charge in [-0.1, -0.05) is 6.07 Å². The number of aromatic amines is 1. The summed E-state index contributed by atoms with van der Waals surface area (Å²) in [4.78, 5) is 24.6. The summed E-state index contributed by atoms with van der Waals surface area (Å²) in [5.41, 5.74) is 3.93. The third-order valence-corrected chi connectivity index (χ3v) is 6.72. The summed E-state index contributed by atoms with van der Waals surface area (Å²) in [5.74, 6) is 0.781. The highest BCUT2D eigenvalue weighted by Crippen LogP contribution is 2.48. The van der Waals surface area contributed by atoms with E-state index in [-0.39, 0.29) is 30.6 Å². The van der Waals surface area contributed by atoms with Crippen LogP contribution in [0.1, 0.15) is 23.0 Å². The average Bonchev–Trinajstić information content (AvgIpc) is 3.16. The third-order valence-electron chi connectivity index (χ3n) is 6.72. The predicted octanol–water partition coefficient (Wildman–Crippen LogP) is 1.85. The zero-order valence-electron chi connectivity index (χ0n) is 18.4. The van der Waals surface area contributed by atoms with Crippen LogP contribution in [0.4, 0.5) is 0 Å². The molecule has 1 atom stereocenters. The number of methoxy groups -OCH3 is 2. The number of rotatable bonds is 6. The van der Waals surface area contributed by atoms with E-state index in [2.05, 4.69) is 20.9 Å². The molecule has 4 heterocycles. The first kappa shape index (κ1) is 20.9. The Kier molecular flexibility index (Phi) is 5.36.